The van der Waals surface area contributed by atoms with Crippen LogP contribution in [0.15, 0.2) is 0 Å². The van der Waals surface area contributed by atoms with Gasteiger partial charge in [0.2, 0.25) is 5.91 Å². The van der Waals surface area contributed by atoms with E-state index in [9.17, 15) is 4.79 Å². The fourth-order valence-corrected chi connectivity index (χ4v) is 2.48. The summed E-state index contributed by atoms with van der Waals surface area (Å²) in [5.74, 6) is 0.240. The molecule has 2 saturated heterocycles. The van der Waals surface area contributed by atoms with Gasteiger partial charge in [0.05, 0.1) is 25.4 Å². The molecule has 2 rings (SSSR count). The highest BCUT2D eigenvalue weighted by molar-refractivity contribution is 5.81. The van der Waals surface area contributed by atoms with Crippen molar-refractivity contribution in [2.75, 3.05) is 19.8 Å². The average molecular weight is 212 g/mol. The van der Waals surface area contributed by atoms with Crippen molar-refractivity contribution in [1.82, 2.24) is 10.2 Å². The molecule has 0 bridgehead atoms. The van der Waals surface area contributed by atoms with Crippen LogP contribution in [0.25, 0.3) is 0 Å². The third kappa shape index (κ3) is 2.32. The molecule has 2 aliphatic heterocycles. The van der Waals surface area contributed by atoms with Gasteiger partial charge in [-0.1, -0.05) is 13.3 Å². The largest absolute Gasteiger partial charge is 0.379 e. The maximum atomic E-state index is 11.8. The molecule has 0 aromatic carbocycles. The summed E-state index contributed by atoms with van der Waals surface area (Å²) in [6.45, 7) is 4.22. The summed E-state index contributed by atoms with van der Waals surface area (Å²) in [6.07, 6.45) is 4.56. The molecule has 1 amide bonds. The number of carbonyl (C=O) groups excluding carboxylic acids is 1. The molecule has 0 aromatic rings. The normalized spacial score (nSPS) is 32.3. The standard InChI is InChI=1S/C11H20N2O2/c1-2-4-10-12-7-11(14)13(10)9-5-3-6-15-8-9/h9-10,12H,2-8H2,1H3. The number of amides is 1. The lowest BCUT2D eigenvalue weighted by Gasteiger charge is -2.34. The molecule has 2 atom stereocenters. The van der Waals surface area contributed by atoms with Crippen molar-refractivity contribution in [3.8, 4) is 0 Å². The van der Waals surface area contributed by atoms with Crippen LogP contribution in [0.1, 0.15) is 32.6 Å². The lowest BCUT2D eigenvalue weighted by molar-refractivity contribution is -0.133. The van der Waals surface area contributed by atoms with Gasteiger partial charge in [0, 0.05) is 6.61 Å². The van der Waals surface area contributed by atoms with Gasteiger partial charge in [-0.25, -0.2) is 0 Å². The van der Waals surface area contributed by atoms with Crippen LogP contribution >= 0.6 is 0 Å². The van der Waals surface area contributed by atoms with Crippen LogP contribution in [0.3, 0.4) is 0 Å². The molecule has 0 aliphatic carbocycles. The lowest BCUT2D eigenvalue weighted by atomic mass is 10.1. The van der Waals surface area contributed by atoms with Gasteiger partial charge in [0.15, 0.2) is 0 Å². The van der Waals surface area contributed by atoms with Crippen LogP contribution in [0.4, 0.5) is 0 Å². The van der Waals surface area contributed by atoms with Crippen molar-refractivity contribution in [3.05, 3.63) is 0 Å². The van der Waals surface area contributed by atoms with Gasteiger partial charge in [0.1, 0.15) is 0 Å². The number of nitrogens with one attached hydrogen (secondary N) is 1. The van der Waals surface area contributed by atoms with Crippen LogP contribution in [-0.2, 0) is 9.53 Å². The summed E-state index contributed by atoms with van der Waals surface area (Å²) in [5.41, 5.74) is 0. The Labute approximate surface area is 91.0 Å². The molecule has 0 spiro atoms. The highest BCUT2D eigenvalue weighted by Crippen LogP contribution is 2.20. The van der Waals surface area contributed by atoms with Gasteiger partial charge in [-0.2, -0.15) is 0 Å². The molecule has 2 heterocycles. The van der Waals surface area contributed by atoms with Crippen LogP contribution in [0.2, 0.25) is 0 Å². The molecular weight excluding hydrogens is 192 g/mol. The number of ether oxygens (including phenoxy) is 1. The minimum absolute atomic E-state index is 0.240. The molecular formula is C11H20N2O2. The van der Waals surface area contributed by atoms with Crippen molar-refractivity contribution >= 4 is 5.91 Å². The van der Waals surface area contributed by atoms with Crippen molar-refractivity contribution in [2.24, 2.45) is 0 Å². The molecule has 15 heavy (non-hydrogen) atoms. The Balaban J connectivity index is 1.99. The van der Waals surface area contributed by atoms with Gasteiger partial charge < -0.3 is 9.64 Å². The molecule has 4 heteroatoms. The number of nitrogens with zero attached hydrogens (tertiary/aromatic N) is 1. The van der Waals surface area contributed by atoms with E-state index in [1.54, 1.807) is 0 Å². The maximum Gasteiger partial charge on any atom is 0.238 e. The van der Waals surface area contributed by atoms with E-state index in [0.29, 0.717) is 19.2 Å². The molecule has 2 aliphatic rings. The fourth-order valence-electron chi connectivity index (χ4n) is 2.48. The van der Waals surface area contributed by atoms with E-state index in [1.807, 2.05) is 4.90 Å². The van der Waals surface area contributed by atoms with E-state index in [1.165, 1.54) is 0 Å². The zero-order valence-electron chi connectivity index (χ0n) is 9.37. The maximum absolute atomic E-state index is 11.8. The van der Waals surface area contributed by atoms with Crippen molar-refractivity contribution in [3.63, 3.8) is 0 Å². The summed E-state index contributed by atoms with van der Waals surface area (Å²) < 4.78 is 5.45. The molecule has 1 N–H and O–H groups in total. The van der Waals surface area contributed by atoms with Gasteiger partial charge >= 0.3 is 0 Å². The summed E-state index contributed by atoms with van der Waals surface area (Å²) in [7, 11) is 0. The molecule has 2 unspecified atom stereocenters. The summed E-state index contributed by atoms with van der Waals surface area (Å²) in [4.78, 5) is 13.8. The summed E-state index contributed by atoms with van der Waals surface area (Å²) in [6, 6.07) is 0.304. The first-order chi connectivity index (χ1) is 7.33. The van der Waals surface area contributed by atoms with Crippen molar-refractivity contribution < 1.29 is 9.53 Å². The first-order valence-corrected chi connectivity index (χ1v) is 5.95. The SMILES string of the molecule is CCCC1NCC(=O)N1C1CCCOC1. The number of hydrogen-bond donors (Lipinski definition) is 1. The average Bonchev–Trinajstić information content (AvgIpc) is 2.62. The van der Waals surface area contributed by atoms with Crippen LogP contribution in [0, 0.1) is 0 Å². The zero-order chi connectivity index (χ0) is 10.7. The third-order valence-electron chi connectivity index (χ3n) is 3.20. The van der Waals surface area contributed by atoms with E-state index >= 15 is 0 Å². The first-order valence-electron chi connectivity index (χ1n) is 5.95. The Morgan fingerprint density at radius 1 is 1.60 bits per heavy atom. The Morgan fingerprint density at radius 2 is 2.47 bits per heavy atom. The van der Waals surface area contributed by atoms with E-state index in [-0.39, 0.29) is 12.1 Å². The topological polar surface area (TPSA) is 41.6 Å². The quantitative estimate of drug-likeness (QED) is 0.749. The second-order valence-electron chi connectivity index (χ2n) is 4.36. The minimum Gasteiger partial charge on any atom is -0.379 e. The first kappa shape index (κ1) is 10.9. The molecule has 0 radical (unpaired) electrons. The lowest BCUT2D eigenvalue weighted by Crippen LogP contribution is -2.48. The van der Waals surface area contributed by atoms with Crippen molar-refractivity contribution in [2.45, 2.75) is 44.8 Å². The van der Waals surface area contributed by atoms with Gasteiger partial charge in [-0.15, -0.1) is 0 Å². The molecule has 0 aromatic heterocycles. The Hall–Kier alpha value is -0.610. The monoisotopic (exact) mass is 212 g/mol. The van der Waals surface area contributed by atoms with Crippen LogP contribution in [-0.4, -0.2) is 42.8 Å². The predicted octanol–water partition coefficient (Wildman–Crippen LogP) is 0.723. The van der Waals surface area contributed by atoms with Gasteiger partial charge in [-0.3, -0.25) is 10.1 Å². The summed E-state index contributed by atoms with van der Waals surface area (Å²) >= 11 is 0. The highest BCUT2D eigenvalue weighted by atomic mass is 16.5. The Kier molecular flexibility index (Phi) is 3.59. The number of hydrogen-bond acceptors (Lipinski definition) is 3. The third-order valence-corrected chi connectivity index (χ3v) is 3.20. The van der Waals surface area contributed by atoms with Gasteiger partial charge in [0.25, 0.3) is 0 Å². The van der Waals surface area contributed by atoms with Crippen LogP contribution in [0.5, 0.6) is 0 Å². The molecule has 2 fully saturated rings. The van der Waals surface area contributed by atoms with Crippen LogP contribution < -0.4 is 5.32 Å². The number of carbonyl (C=O) groups is 1. The Morgan fingerprint density at radius 3 is 3.13 bits per heavy atom. The molecule has 0 saturated carbocycles. The van der Waals surface area contributed by atoms with E-state index in [2.05, 4.69) is 12.2 Å². The van der Waals surface area contributed by atoms with E-state index in [0.717, 1.165) is 32.3 Å². The molecule has 4 nitrogen and oxygen atoms in total. The Bertz CT molecular complexity index is 227. The van der Waals surface area contributed by atoms with E-state index < -0.39 is 0 Å². The second-order valence-corrected chi connectivity index (χ2v) is 4.36. The van der Waals surface area contributed by atoms with Crippen molar-refractivity contribution in [1.29, 1.82) is 0 Å². The minimum atomic E-state index is 0.240. The smallest absolute Gasteiger partial charge is 0.238 e. The molecule has 86 valence electrons. The second kappa shape index (κ2) is 4.94. The zero-order valence-corrected chi connectivity index (χ0v) is 9.37. The predicted molar refractivity (Wildman–Crippen MR) is 57.4 cm³/mol. The fraction of sp³-hybridized carbons (Fsp3) is 0.909. The number of rotatable bonds is 3. The highest BCUT2D eigenvalue weighted by Gasteiger charge is 2.35. The summed E-state index contributed by atoms with van der Waals surface area (Å²) in [5, 5.41) is 3.28. The van der Waals surface area contributed by atoms with Gasteiger partial charge in [-0.05, 0) is 19.3 Å². The van der Waals surface area contributed by atoms with E-state index in [4.69, 9.17) is 4.74 Å².